The first-order valence-corrected chi connectivity index (χ1v) is 13.1. The topological polar surface area (TPSA) is 86.8 Å². The normalized spacial score (nSPS) is 12.2. The molecule has 11 heteroatoms. The lowest BCUT2D eigenvalue weighted by Gasteiger charge is -2.33. The Hall–Kier alpha value is -1.81. The Bertz CT molecular complexity index is 1080. The van der Waals surface area contributed by atoms with Crippen molar-refractivity contribution in [2.45, 2.75) is 25.9 Å². The number of sulfonamides is 1. The van der Waals surface area contributed by atoms with Crippen molar-refractivity contribution in [1.82, 2.24) is 10.2 Å². The molecule has 32 heavy (non-hydrogen) atoms. The summed E-state index contributed by atoms with van der Waals surface area (Å²) in [5.41, 5.74) is 0.783. The van der Waals surface area contributed by atoms with Crippen molar-refractivity contribution in [3.63, 3.8) is 0 Å². The minimum atomic E-state index is -3.81. The van der Waals surface area contributed by atoms with Crippen molar-refractivity contribution in [1.29, 1.82) is 0 Å². The van der Waals surface area contributed by atoms with Crippen molar-refractivity contribution in [3.8, 4) is 0 Å². The lowest BCUT2D eigenvalue weighted by atomic mass is 10.1. The van der Waals surface area contributed by atoms with Gasteiger partial charge in [0.05, 0.1) is 11.9 Å². The summed E-state index contributed by atoms with van der Waals surface area (Å²) in [5, 5.41) is 3.23. The molecule has 0 aliphatic carbocycles. The van der Waals surface area contributed by atoms with E-state index in [0.29, 0.717) is 32.2 Å². The van der Waals surface area contributed by atoms with Crippen molar-refractivity contribution >= 4 is 66.7 Å². The maximum atomic E-state index is 13.5. The van der Waals surface area contributed by atoms with Crippen LogP contribution < -0.4 is 9.62 Å². The molecule has 7 nitrogen and oxygen atoms in total. The SMILES string of the molecule is CC[C@@H](C(=O)NC)N(Cc1c(Cl)cccc1Cl)C(=O)CN(c1ccccc1Br)S(C)(=O)=O. The molecule has 2 amide bonds. The minimum Gasteiger partial charge on any atom is -0.357 e. The number of anilines is 1. The molecule has 0 bridgehead atoms. The van der Waals surface area contributed by atoms with Crippen LogP contribution in [0, 0.1) is 0 Å². The molecule has 2 aromatic carbocycles. The van der Waals surface area contributed by atoms with Gasteiger partial charge in [-0.3, -0.25) is 13.9 Å². The largest absolute Gasteiger partial charge is 0.357 e. The van der Waals surface area contributed by atoms with Gasteiger partial charge < -0.3 is 10.2 Å². The van der Waals surface area contributed by atoms with Gasteiger partial charge >= 0.3 is 0 Å². The van der Waals surface area contributed by atoms with E-state index in [1.165, 1.54) is 11.9 Å². The molecule has 0 aromatic heterocycles. The highest BCUT2D eigenvalue weighted by atomic mass is 79.9. The van der Waals surface area contributed by atoms with Crippen LogP contribution in [0.15, 0.2) is 46.9 Å². The van der Waals surface area contributed by atoms with Gasteiger partial charge in [-0.15, -0.1) is 0 Å². The molecule has 0 saturated carbocycles. The fourth-order valence-electron chi connectivity index (χ4n) is 3.19. The molecule has 2 rings (SSSR count). The summed E-state index contributed by atoms with van der Waals surface area (Å²) < 4.78 is 26.6. The first kappa shape index (κ1) is 26.4. The fourth-order valence-corrected chi connectivity index (χ4v) is 5.18. The Balaban J connectivity index is 2.50. The summed E-state index contributed by atoms with van der Waals surface area (Å²) in [6.45, 7) is 1.20. The predicted octanol–water partition coefficient (Wildman–Crippen LogP) is 4.08. The van der Waals surface area contributed by atoms with Crippen LogP contribution in [-0.4, -0.2) is 51.0 Å². The van der Waals surface area contributed by atoms with Crippen LogP contribution in [0.3, 0.4) is 0 Å². The third-order valence-electron chi connectivity index (χ3n) is 4.82. The molecule has 0 heterocycles. The van der Waals surface area contributed by atoms with Crippen LogP contribution in [0.2, 0.25) is 10.0 Å². The number of likely N-dealkylation sites (N-methyl/N-ethyl adjacent to an activating group) is 1. The van der Waals surface area contributed by atoms with Crippen molar-refractivity contribution in [3.05, 3.63) is 62.5 Å². The second kappa shape index (κ2) is 11.4. The number of nitrogens with zero attached hydrogens (tertiary/aromatic N) is 2. The summed E-state index contributed by atoms with van der Waals surface area (Å²) >= 11 is 15.9. The van der Waals surface area contributed by atoms with E-state index in [1.54, 1.807) is 49.4 Å². The number of hydrogen-bond donors (Lipinski definition) is 1. The zero-order valence-corrected chi connectivity index (χ0v) is 21.7. The third kappa shape index (κ3) is 6.37. The highest BCUT2D eigenvalue weighted by Crippen LogP contribution is 2.29. The van der Waals surface area contributed by atoms with Crippen LogP contribution in [-0.2, 0) is 26.2 Å². The van der Waals surface area contributed by atoms with Gasteiger partial charge in [-0.2, -0.15) is 0 Å². The lowest BCUT2D eigenvalue weighted by molar-refractivity contribution is -0.140. The first-order valence-electron chi connectivity index (χ1n) is 9.67. The van der Waals surface area contributed by atoms with Gasteiger partial charge in [0.1, 0.15) is 12.6 Å². The van der Waals surface area contributed by atoms with Crippen LogP contribution in [0.5, 0.6) is 0 Å². The number of nitrogens with one attached hydrogen (secondary N) is 1. The maximum absolute atomic E-state index is 13.5. The number of rotatable bonds is 9. The standard InChI is InChI=1S/C21H24BrCl2N3O4S/c1-4-18(21(29)25-2)26(12-14-16(23)9-7-10-17(14)24)20(28)13-27(32(3,30)31)19-11-6-5-8-15(19)22/h5-11,18H,4,12-13H2,1-3H3,(H,25,29)/t18-/m0/s1. The summed E-state index contributed by atoms with van der Waals surface area (Å²) in [6.07, 6.45) is 1.33. The Morgan fingerprint density at radius 2 is 1.69 bits per heavy atom. The monoisotopic (exact) mass is 563 g/mol. The van der Waals surface area contributed by atoms with Gasteiger partial charge in [0, 0.05) is 33.7 Å². The van der Waals surface area contributed by atoms with Gasteiger partial charge in [-0.05, 0) is 46.6 Å². The summed E-state index contributed by atoms with van der Waals surface area (Å²) in [5.74, 6) is -0.951. The highest BCUT2D eigenvalue weighted by Gasteiger charge is 2.32. The van der Waals surface area contributed by atoms with Gasteiger partial charge in [0.15, 0.2) is 0 Å². The second-order valence-corrected chi connectivity index (χ2v) is 10.6. The van der Waals surface area contributed by atoms with Gasteiger partial charge in [0.2, 0.25) is 21.8 Å². The Morgan fingerprint density at radius 1 is 1.09 bits per heavy atom. The van der Waals surface area contributed by atoms with Crippen LogP contribution >= 0.6 is 39.1 Å². The number of benzene rings is 2. The molecule has 2 aromatic rings. The molecule has 0 saturated heterocycles. The molecule has 0 fully saturated rings. The number of halogens is 3. The van der Waals surface area contributed by atoms with E-state index in [4.69, 9.17) is 23.2 Å². The van der Waals surface area contributed by atoms with E-state index >= 15 is 0 Å². The zero-order chi connectivity index (χ0) is 24.1. The van der Waals surface area contributed by atoms with Gasteiger partial charge in [-0.1, -0.05) is 48.3 Å². The number of hydrogen-bond acceptors (Lipinski definition) is 4. The lowest BCUT2D eigenvalue weighted by Crippen LogP contribution is -2.51. The zero-order valence-electron chi connectivity index (χ0n) is 17.8. The average molecular weight is 565 g/mol. The van der Waals surface area contributed by atoms with Crippen LogP contribution in [0.4, 0.5) is 5.69 Å². The van der Waals surface area contributed by atoms with Crippen molar-refractivity contribution < 1.29 is 18.0 Å². The average Bonchev–Trinajstić information content (AvgIpc) is 2.73. The quantitative estimate of drug-likeness (QED) is 0.497. The van der Waals surface area contributed by atoms with Crippen LogP contribution in [0.25, 0.3) is 0 Å². The second-order valence-electron chi connectivity index (χ2n) is 6.98. The third-order valence-corrected chi connectivity index (χ3v) is 7.33. The number of carbonyl (C=O) groups excluding carboxylic acids is 2. The summed E-state index contributed by atoms with van der Waals surface area (Å²) in [7, 11) is -2.34. The van der Waals surface area contributed by atoms with Crippen LogP contribution in [0.1, 0.15) is 18.9 Å². The Morgan fingerprint density at radius 3 is 2.19 bits per heavy atom. The highest BCUT2D eigenvalue weighted by molar-refractivity contribution is 9.10. The molecule has 0 spiro atoms. The molecular weight excluding hydrogens is 541 g/mol. The predicted molar refractivity (Wildman–Crippen MR) is 131 cm³/mol. The number of para-hydroxylation sites is 1. The van der Waals surface area contributed by atoms with E-state index in [9.17, 15) is 18.0 Å². The minimum absolute atomic E-state index is 0.0587. The number of carbonyl (C=O) groups is 2. The smallest absolute Gasteiger partial charge is 0.244 e. The van der Waals surface area contributed by atoms with E-state index in [-0.39, 0.29) is 12.5 Å². The van der Waals surface area contributed by atoms with Crippen molar-refractivity contribution in [2.24, 2.45) is 0 Å². The first-order chi connectivity index (χ1) is 15.0. The van der Waals surface area contributed by atoms with E-state index < -0.39 is 28.5 Å². The van der Waals surface area contributed by atoms with Gasteiger partial charge in [-0.25, -0.2) is 8.42 Å². The molecular formula is C21H24BrCl2N3O4S. The molecule has 0 aliphatic heterocycles. The Labute approximate surface area is 206 Å². The molecule has 174 valence electrons. The van der Waals surface area contributed by atoms with E-state index in [2.05, 4.69) is 21.2 Å². The van der Waals surface area contributed by atoms with Gasteiger partial charge in [0.25, 0.3) is 0 Å². The molecule has 0 unspecified atom stereocenters. The fraction of sp³-hybridized carbons (Fsp3) is 0.333. The van der Waals surface area contributed by atoms with Crippen molar-refractivity contribution in [2.75, 3.05) is 24.2 Å². The Kier molecular flexibility index (Phi) is 9.39. The summed E-state index contributed by atoms with van der Waals surface area (Å²) in [6, 6.07) is 10.8. The molecule has 0 aliphatic rings. The number of amides is 2. The molecule has 1 atom stereocenters. The van der Waals surface area contributed by atoms with E-state index in [1.807, 2.05) is 0 Å². The molecule has 1 N–H and O–H groups in total. The summed E-state index contributed by atoms with van der Waals surface area (Å²) in [4.78, 5) is 27.3. The molecule has 0 radical (unpaired) electrons. The maximum Gasteiger partial charge on any atom is 0.244 e. The van der Waals surface area contributed by atoms with E-state index in [0.717, 1.165) is 10.6 Å².